The van der Waals surface area contributed by atoms with Crippen LogP contribution in [-0.2, 0) is 16.1 Å². The van der Waals surface area contributed by atoms with Gasteiger partial charge < -0.3 is 28.9 Å². The zero-order chi connectivity index (χ0) is 27.3. The van der Waals surface area contributed by atoms with Gasteiger partial charge in [-0.05, 0) is 60.7 Å². The lowest BCUT2D eigenvalue weighted by atomic mass is 9.82. The summed E-state index contributed by atoms with van der Waals surface area (Å²) in [6.07, 6.45) is -0.519. The third-order valence-corrected chi connectivity index (χ3v) is 10.5. The fraction of sp³-hybridized carbons (Fsp3) is 0.452. The number of hydrogen-bond acceptors (Lipinski definition) is 5. The molecule has 4 fully saturated rings. The van der Waals surface area contributed by atoms with Gasteiger partial charge in [0.05, 0.1) is 36.3 Å². The predicted molar refractivity (Wildman–Crippen MR) is 142 cm³/mol. The highest BCUT2D eigenvalue weighted by atomic mass is 16.4. The molecule has 0 spiro atoms. The quantitative estimate of drug-likeness (QED) is 0.383. The molecule has 1 N–H and O–H groups in total. The maximum Gasteiger partial charge on any atom is 0.235 e. The number of carbonyl (C=O) groups is 3. The van der Waals surface area contributed by atoms with Gasteiger partial charge in [0.1, 0.15) is 45.8 Å². The van der Waals surface area contributed by atoms with E-state index < -0.39 is 18.0 Å². The van der Waals surface area contributed by atoms with Crippen molar-refractivity contribution in [3.05, 3.63) is 64.3 Å². The van der Waals surface area contributed by atoms with Crippen LogP contribution in [0.25, 0.3) is 16.7 Å². The van der Waals surface area contributed by atoms with Crippen LogP contribution >= 0.6 is 0 Å². The van der Waals surface area contributed by atoms with E-state index in [0.29, 0.717) is 28.7 Å². The molecule has 8 heteroatoms. The number of aliphatic hydroxyl groups is 1. The molecule has 0 aromatic heterocycles. The van der Waals surface area contributed by atoms with Gasteiger partial charge in [-0.25, -0.2) is 0 Å². The zero-order valence-corrected chi connectivity index (χ0v) is 22.5. The Morgan fingerprint density at radius 3 is 2.28 bits per heavy atom. The number of ketones is 1. The van der Waals surface area contributed by atoms with Crippen LogP contribution in [-0.4, -0.2) is 94.6 Å². The highest BCUT2D eigenvalue weighted by Gasteiger charge is 2.55. The first kappa shape index (κ1) is 24.7. The molecule has 8 nitrogen and oxygen atoms in total. The van der Waals surface area contributed by atoms with Gasteiger partial charge in [-0.1, -0.05) is 18.2 Å². The number of amides is 1. The lowest BCUT2D eigenvalue weighted by Gasteiger charge is -2.55. The summed E-state index contributed by atoms with van der Waals surface area (Å²) in [6, 6.07) is 11.3. The van der Waals surface area contributed by atoms with Gasteiger partial charge in [0, 0.05) is 16.7 Å². The average molecular weight is 529 g/mol. The van der Waals surface area contributed by atoms with Gasteiger partial charge in [0.15, 0.2) is 5.78 Å². The third kappa shape index (κ3) is 3.44. The first-order valence-corrected chi connectivity index (χ1v) is 14.1. The molecule has 8 rings (SSSR count). The molecule has 4 saturated heterocycles. The Labute approximate surface area is 227 Å². The summed E-state index contributed by atoms with van der Waals surface area (Å²) in [7, 11) is 0. The lowest BCUT2D eigenvalue weighted by Crippen LogP contribution is -2.74. The van der Waals surface area contributed by atoms with Crippen molar-refractivity contribution in [3.8, 4) is 11.1 Å². The Hall–Kier alpha value is -3.33. The molecule has 5 heterocycles. The molecular weight excluding hydrogens is 494 g/mol. The van der Waals surface area contributed by atoms with Crippen LogP contribution in [0, 0.1) is 5.92 Å². The second-order valence-electron chi connectivity index (χ2n) is 12.3. The van der Waals surface area contributed by atoms with Crippen molar-refractivity contribution in [2.45, 2.75) is 39.0 Å². The monoisotopic (exact) mass is 528 g/mol. The molecule has 6 aliphatic rings. The number of likely N-dealkylation sites (N-methyl/N-ethyl adjacent to an activating group) is 1. The van der Waals surface area contributed by atoms with Crippen molar-refractivity contribution in [2.24, 2.45) is 5.92 Å². The number of aliphatic carboxylic acids is 1. The van der Waals surface area contributed by atoms with Crippen molar-refractivity contribution in [1.29, 1.82) is 0 Å². The second kappa shape index (κ2) is 8.34. The van der Waals surface area contributed by atoms with E-state index in [4.69, 9.17) is 0 Å². The van der Waals surface area contributed by atoms with Crippen molar-refractivity contribution >= 4 is 23.2 Å². The summed E-state index contributed by atoms with van der Waals surface area (Å²) in [5.74, 6) is -2.40. The van der Waals surface area contributed by atoms with E-state index in [1.165, 1.54) is 60.8 Å². The fourth-order valence-electron chi connectivity index (χ4n) is 7.97. The summed E-state index contributed by atoms with van der Waals surface area (Å²) in [5, 5.41) is 22.1. The van der Waals surface area contributed by atoms with Crippen molar-refractivity contribution in [3.63, 3.8) is 0 Å². The van der Waals surface area contributed by atoms with Gasteiger partial charge in [-0.15, -0.1) is 0 Å². The largest absolute Gasteiger partial charge is 0.543 e. The number of β-lactam (4-membered cyclic amide) rings is 1. The molecule has 1 amide bonds. The average Bonchev–Trinajstić information content (AvgIpc) is 3.41. The summed E-state index contributed by atoms with van der Waals surface area (Å²) in [6.45, 7) is 13.3. The Kier molecular flexibility index (Phi) is 5.28. The lowest BCUT2D eigenvalue weighted by molar-refractivity contribution is -1.09. The number of benzene rings is 2. The highest BCUT2D eigenvalue weighted by Crippen LogP contribution is 2.48. The maximum absolute atomic E-state index is 13.4. The molecule has 0 saturated carbocycles. The molecule has 0 unspecified atom stereocenters. The van der Waals surface area contributed by atoms with Gasteiger partial charge in [0.25, 0.3) is 0 Å². The zero-order valence-electron chi connectivity index (χ0n) is 22.5. The Morgan fingerprint density at radius 2 is 1.64 bits per heavy atom. The summed E-state index contributed by atoms with van der Waals surface area (Å²) < 4.78 is 2.36. The van der Waals surface area contributed by atoms with E-state index in [2.05, 4.69) is 19.1 Å². The predicted octanol–water partition coefficient (Wildman–Crippen LogP) is 1.15. The SMILES string of the molecule is CC[N+]12CC[N+](Cc3ccc4c(c3)C(=O)c3ccc(C5=C(C(=O)[O-])N6C(=O)[C@H]([C@@H](C)O)[C@H]6C5)cc3-4)(CC1)CC2. The van der Waals surface area contributed by atoms with Crippen molar-refractivity contribution in [1.82, 2.24) is 4.90 Å². The number of nitrogens with zero attached hydrogens (tertiary/aromatic N) is 3. The van der Waals surface area contributed by atoms with Crippen LogP contribution in [0.3, 0.4) is 0 Å². The van der Waals surface area contributed by atoms with E-state index in [0.717, 1.165) is 22.2 Å². The Morgan fingerprint density at radius 1 is 0.974 bits per heavy atom. The smallest absolute Gasteiger partial charge is 0.235 e. The van der Waals surface area contributed by atoms with Crippen molar-refractivity contribution < 1.29 is 33.6 Å². The van der Waals surface area contributed by atoms with Gasteiger partial charge in [-0.2, -0.15) is 0 Å². The number of carboxylic acids is 1. The minimum Gasteiger partial charge on any atom is -0.543 e. The highest BCUT2D eigenvalue weighted by molar-refractivity contribution is 6.22. The molecule has 0 radical (unpaired) electrons. The number of carboxylic acid groups (broad SMARTS) is 1. The molecule has 5 aliphatic heterocycles. The van der Waals surface area contributed by atoms with Crippen LogP contribution in [0.5, 0.6) is 0 Å². The van der Waals surface area contributed by atoms with Gasteiger partial charge >= 0.3 is 0 Å². The molecule has 3 atom stereocenters. The number of piperazine rings is 3. The summed E-state index contributed by atoms with van der Waals surface area (Å²) >= 11 is 0. The van der Waals surface area contributed by atoms with E-state index in [-0.39, 0.29) is 23.4 Å². The number of rotatable bonds is 6. The first-order chi connectivity index (χ1) is 18.7. The maximum atomic E-state index is 13.4. The fourth-order valence-corrected chi connectivity index (χ4v) is 7.97. The van der Waals surface area contributed by atoms with E-state index in [1.807, 2.05) is 12.1 Å². The topological polar surface area (TPSA) is 97.7 Å². The molecule has 2 bridgehead atoms. The molecule has 202 valence electrons. The van der Waals surface area contributed by atoms with Crippen LogP contribution < -0.4 is 5.11 Å². The van der Waals surface area contributed by atoms with Crippen LogP contribution in [0.2, 0.25) is 0 Å². The molecule has 2 aromatic carbocycles. The number of fused-ring (bicyclic) bond motifs is 7. The normalized spacial score (nSPS) is 31.2. The van der Waals surface area contributed by atoms with Gasteiger partial charge in [0.2, 0.25) is 5.91 Å². The van der Waals surface area contributed by atoms with E-state index >= 15 is 0 Å². The van der Waals surface area contributed by atoms with Gasteiger partial charge in [-0.3, -0.25) is 9.59 Å². The van der Waals surface area contributed by atoms with Crippen LogP contribution in [0.15, 0.2) is 42.1 Å². The van der Waals surface area contributed by atoms with Crippen LogP contribution in [0.4, 0.5) is 0 Å². The van der Waals surface area contributed by atoms with E-state index in [1.54, 1.807) is 19.1 Å². The minimum atomic E-state index is -1.40. The molecule has 2 aromatic rings. The second-order valence-corrected chi connectivity index (χ2v) is 12.3. The Bertz CT molecular complexity index is 1470. The van der Waals surface area contributed by atoms with Crippen molar-refractivity contribution in [2.75, 3.05) is 45.8 Å². The third-order valence-electron chi connectivity index (χ3n) is 10.5. The number of aliphatic hydroxyl groups excluding tert-OH is 1. The van der Waals surface area contributed by atoms with Crippen LogP contribution in [0.1, 0.15) is 47.3 Å². The molecule has 1 aliphatic carbocycles. The van der Waals surface area contributed by atoms with E-state index in [9.17, 15) is 24.6 Å². The minimum absolute atomic E-state index is 0.000970. The number of quaternary nitrogens is 2. The number of hydrogen-bond donors (Lipinski definition) is 1. The molecule has 39 heavy (non-hydrogen) atoms. The number of carbonyl (C=O) groups excluding carboxylic acids is 3. The standard InChI is InChI=1S/C31H34N3O5/c1-3-33-8-11-34(12-9-33,13-10-33)17-19-4-6-21-24-15-20(5-7-22(24)29(36)25(21)14-19)23-16-26-27(18(2)35)30(37)32(26)28(23)31(38)39/h4-7,14-15,18,26-27,35H,3,8-13,16-17H2,1-2H3/q+1/t18-,26-,27-,33?,34?/m1/s1. The summed E-state index contributed by atoms with van der Waals surface area (Å²) in [5.41, 5.74) is 5.25. The molecular formula is C31H34N3O5+. The first-order valence-electron chi connectivity index (χ1n) is 14.1. The summed E-state index contributed by atoms with van der Waals surface area (Å²) in [4.78, 5) is 39.4. The Balaban J connectivity index is 1.20.